The average Bonchev–Trinajstić information content (AvgIpc) is 3.20. The maximum absolute atomic E-state index is 12.8. The third-order valence-electron chi connectivity index (χ3n) is 5.75. The lowest BCUT2D eigenvalue weighted by molar-refractivity contribution is -0.393. The zero-order chi connectivity index (χ0) is 25.1. The second-order valence-corrected chi connectivity index (χ2v) is 7.98. The summed E-state index contributed by atoms with van der Waals surface area (Å²) in [7, 11) is 0. The monoisotopic (exact) mass is 478 g/mol. The van der Waals surface area contributed by atoms with Crippen molar-refractivity contribution in [3.63, 3.8) is 0 Å². The van der Waals surface area contributed by atoms with E-state index in [9.17, 15) is 25.0 Å². The molecule has 180 valence electrons. The number of nitro benzene ring substituents is 2. The van der Waals surface area contributed by atoms with Crippen LogP contribution in [0.25, 0.3) is 0 Å². The summed E-state index contributed by atoms with van der Waals surface area (Å²) in [4.78, 5) is 33.7. The molecule has 4 rings (SSSR count). The summed E-state index contributed by atoms with van der Waals surface area (Å²) in [5, 5.41) is 26.7. The van der Waals surface area contributed by atoms with Crippen LogP contribution in [-0.4, -0.2) is 21.5 Å². The van der Waals surface area contributed by atoms with E-state index in [4.69, 9.17) is 9.15 Å². The highest BCUT2D eigenvalue weighted by Gasteiger charge is 2.29. The zero-order valence-electron chi connectivity index (χ0n) is 19.1. The summed E-state index contributed by atoms with van der Waals surface area (Å²) in [6, 6.07) is 10.5. The highest BCUT2D eigenvalue weighted by Crippen LogP contribution is 2.32. The van der Waals surface area contributed by atoms with Crippen LogP contribution in [0.15, 0.2) is 52.0 Å². The molecular weight excluding hydrogens is 456 g/mol. The smallest absolute Gasteiger partial charge is 0.379 e. The lowest BCUT2D eigenvalue weighted by atomic mass is 9.93. The number of furan rings is 1. The molecule has 35 heavy (non-hydrogen) atoms. The first kappa shape index (κ1) is 23.6. The van der Waals surface area contributed by atoms with E-state index in [1.807, 2.05) is 19.1 Å². The molecule has 0 saturated carbocycles. The maximum Gasteiger partial charge on any atom is 0.379 e. The van der Waals surface area contributed by atoms with Gasteiger partial charge in [0.15, 0.2) is 0 Å². The van der Waals surface area contributed by atoms with E-state index in [2.05, 4.69) is 10.5 Å². The van der Waals surface area contributed by atoms with E-state index >= 15 is 0 Å². The molecule has 2 aromatic carbocycles. The van der Waals surface area contributed by atoms with Crippen LogP contribution in [0.2, 0.25) is 0 Å². The fraction of sp³-hybridized carbons (Fsp3) is 0.250. The van der Waals surface area contributed by atoms with Gasteiger partial charge in [0, 0.05) is 23.6 Å². The second kappa shape index (κ2) is 9.75. The van der Waals surface area contributed by atoms with Crippen LogP contribution >= 0.6 is 0 Å². The Morgan fingerprint density at radius 2 is 1.86 bits per heavy atom. The molecule has 0 atom stereocenters. The minimum Gasteiger partial charge on any atom is -0.453 e. The Kier molecular flexibility index (Phi) is 6.58. The van der Waals surface area contributed by atoms with Crippen LogP contribution in [-0.2, 0) is 12.8 Å². The highest BCUT2D eigenvalue weighted by atomic mass is 16.6. The number of carbonyl (C=O) groups excluding carboxylic acids is 1. The first-order chi connectivity index (χ1) is 16.8. The number of hydrazone groups is 1. The topological polar surface area (TPSA) is 150 Å². The molecule has 0 fully saturated rings. The van der Waals surface area contributed by atoms with Gasteiger partial charge in [0.05, 0.1) is 21.6 Å². The molecule has 0 amide bonds. The van der Waals surface area contributed by atoms with Gasteiger partial charge in [-0.15, -0.1) is 0 Å². The molecule has 0 spiro atoms. The minimum atomic E-state index is -0.716. The number of nitrogens with one attached hydrogen (secondary N) is 1. The van der Waals surface area contributed by atoms with Crippen LogP contribution in [0, 0.1) is 27.2 Å². The van der Waals surface area contributed by atoms with Gasteiger partial charge >= 0.3 is 11.7 Å². The van der Waals surface area contributed by atoms with Crippen molar-refractivity contribution in [2.45, 2.75) is 39.5 Å². The number of aryl methyl sites for hydroxylation is 2. The summed E-state index contributed by atoms with van der Waals surface area (Å²) in [5.74, 6) is 0.438. The molecule has 0 aliphatic heterocycles. The fourth-order valence-electron chi connectivity index (χ4n) is 3.93. The fourth-order valence-corrected chi connectivity index (χ4v) is 3.93. The summed E-state index contributed by atoms with van der Waals surface area (Å²) in [5.41, 5.74) is 4.70. The SMILES string of the molecule is CCc1ccc(OC(=O)c2oc3c(c2C)/C(=N/Nc2ccc([N+](=O)[O-])cc2[N+](=O)[O-])CCC3)cc1. The number of non-ortho nitro benzene ring substituents is 1. The normalized spacial score (nSPS) is 13.8. The van der Waals surface area contributed by atoms with E-state index in [1.54, 1.807) is 19.1 Å². The molecule has 1 aliphatic rings. The molecular formula is C24H22N4O7. The van der Waals surface area contributed by atoms with Crippen LogP contribution in [0.5, 0.6) is 5.75 Å². The second-order valence-electron chi connectivity index (χ2n) is 7.98. The molecule has 11 nitrogen and oxygen atoms in total. The van der Waals surface area contributed by atoms with Crippen molar-refractivity contribution in [1.29, 1.82) is 0 Å². The van der Waals surface area contributed by atoms with Gasteiger partial charge < -0.3 is 9.15 Å². The molecule has 1 aliphatic carbocycles. The Bertz CT molecular complexity index is 1340. The number of ether oxygens (including phenoxy) is 1. The van der Waals surface area contributed by atoms with Gasteiger partial charge in [0.1, 0.15) is 17.2 Å². The Balaban J connectivity index is 1.60. The minimum absolute atomic E-state index is 0.0107. The van der Waals surface area contributed by atoms with Gasteiger partial charge in [-0.3, -0.25) is 25.7 Å². The van der Waals surface area contributed by atoms with Crippen molar-refractivity contribution in [1.82, 2.24) is 0 Å². The van der Waals surface area contributed by atoms with Crippen LogP contribution < -0.4 is 10.2 Å². The molecule has 3 aromatic rings. The van der Waals surface area contributed by atoms with E-state index in [1.165, 1.54) is 6.07 Å². The van der Waals surface area contributed by atoms with Crippen molar-refractivity contribution in [2.24, 2.45) is 5.10 Å². The number of anilines is 1. The first-order valence-electron chi connectivity index (χ1n) is 11.0. The van der Waals surface area contributed by atoms with Crippen molar-refractivity contribution >= 4 is 28.7 Å². The number of hydrogen-bond donors (Lipinski definition) is 1. The van der Waals surface area contributed by atoms with Gasteiger partial charge in [-0.1, -0.05) is 19.1 Å². The molecule has 1 aromatic heterocycles. The molecule has 0 radical (unpaired) electrons. The Labute approximate surface area is 199 Å². The number of carbonyl (C=O) groups is 1. The highest BCUT2D eigenvalue weighted by molar-refractivity contribution is 6.06. The predicted octanol–water partition coefficient (Wildman–Crippen LogP) is 5.34. The van der Waals surface area contributed by atoms with Crippen LogP contribution in [0.4, 0.5) is 17.1 Å². The standard InChI is InChI=1S/C24H22N4O7/c1-3-15-7-10-17(11-8-15)34-24(29)23-14(2)22-19(5-4-6-21(22)35-23)26-25-18-12-9-16(27(30)31)13-20(18)28(32)33/h7-13,25H,3-6H2,1-2H3/b26-19+. The number of rotatable bonds is 7. The van der Waals surface area contributed by atoms with Gasteiger partial charge in [0.2, 0.25) is 5.76 Å². The van der Waals surface area contributed by atoms with Crippen molar-refractivity contribution in [2.75, 3.05) is 5.43 Å². The summed E-state index contributed by atoms with van der Waals surface area (Å²) in [6.45, 7) is 3.76. The first-order valence-corrected chi connectivity index (χ1v) is 11.0. The number of nitrogens with zero attached hydrogens (tertiary/aromatic N) is 3. The summed E-state index contributed by atoms with van der Waals surface area (Å²) in [6.07, 6.45) is 2.73. The van der Waals surface area contributed by atoms with Gasteiger partial charge in [-0.2, -0.15) is 5.10 Å². The summed E-state index contributed by atoms with van der Waals surface area (Å²) >= 11 is 0. The Hall–Kier alpha value is -4.54. The summed E-state index contributed by atoms with van der Waals surface area (Å²) < 4.78 is 11.3. The number of hydrogen-bond acceptors (Lipinski definition) is 9. The van der Waals surface area contributed by atoms with E-state index < -0.39 is 27.2 Å². The Morgan fingerprint density at radius 1 is 1.11 bits per heavy atom. The zero-order valence-corrected chi connectivity index (χ0v) is 19.1. The quantitative estimate of drug-likeness (QED) is 0.207. The number of nitro groups is 2. The predicted molar refractivity (Wildman–Crippen MR) is 127 cm³/mol. The van der Waals surface area contributed by atoms with Gasteiger partial charge in [-0.25, -0.2) is 4.79 Å². The third-order valence-corrected chi connectivity index (χ3v) is 5.75. The van der Waals surface area contributed by atoms with Gasteiger partial charge in [-0.05, 0) is 49.9 Å². The van der Waals surface area contributed by atoms with Crippen LogP contribution in [0.1, 0.15) is 52.8 Å². The third kappa shape index (κ3) is 4.88. The average molecular weight is 478 g/mol. The van der Waals surface area contributed by atoms with E-state index in [0.717, 1.165) is 24.1 Å². The molecule has 0 unspecified atom stereocenters. The molecule has 0 bridgehead atoms. The number of benzene rings is 2. The number of esters is 1. The van der Waals surface area contributed by atoms with Crippen molar-refractivity contribution in [3.8, 4) is 5.75 Å². The molecule has 1 heterocycles. The molecule has 11 heteroatoms. The lowest BCUT2D eigenvalue weighted by Gasteiger charge is -2.13. The van der Waals surface area contributed by atoms with Crippen molar-refractivity contribution < 1.29 is 23.8 Å². The molecule has 1 N–H and O–H groups in total. The van der Waals surface area contributed by atoms with E-state index in [0.29, 0.717) is 47.6 Å². The van der Waals surface area contributed by atoms with Gasteiger partial charge in [0.25, 0.3) is 5.69 Å². The largest absolute Gasteiger partial charge is 0.453 e. The Morgan fingerprint density at radius 3 is 2.51 bits per heavy atom. The van der Waals surface area contributed by atoms with Crippen LogP contribution in [0.3, 0.4) is 0 Å². The lowest BCUT2D eigenvalue weighted by Crippen LogP contribution is -2.14. The maximum atomic E-state index is 12.8. The van der Waals surface area contributed by atoms with E-state index in [-0.39, 0.29) is 11.4 Å². The van der Waals surface area contributed by atoms with Crippen molar-refractivity contribution in [3.05, 3.63) is 90.9 Å². The number of fused-ring (bicyclic) bond motifs is 1. The molecule has 0 saturated heterocycles.